The number of nitrogens with zero attached hydrogens (tertiary/aromatic N) is 1. The van der Waals surface area contributed by atoms with Gasteiger partial charge in [-0.3, -0.25) is 9.10 Å². The Kier molecular flexibility index (Phi) is 5.52. The molecule has 5 nitrogen and oxygen atoms in total. The maximum Gasteiger partial charge on any atom is 0.241 e. The molecule has 0 heterocycles. The first-order chi connectivity index (χ1) is 9.38. The quantitative estimate of drug-likeness (QED) is 0.905. The van der Waals surface area contributed by atoms with Gasteiger partial charge in [-0.05, 0) is 39.0 Å². The van der Waals surface area contributed by atoms with Gasteiger partial charge >= 0.3 is 0 Å². The van der Waals surface area contributed by atoms with Crippen LogP contribution in [0.15, 0.2) is 18.2 Å². The highest BCUT2D eigenvalue weighted by molar-refractivity contribution is 7.92. The van der Waals surface area contributed by atoms with Gasteiger partial charge in [-0.25, -0.2) is 8.42 Å². The minimum Gasteiger partial charge on any atom is -0.350 e. The highest BCUT2D eigenvalue weighted by Gasteiger charge is 2.23. The molecule has 0 saturated carbocycles. The maximum absolute atomic E-state index is 12.0. The van der Waals surface area contributed by atoms with Gasteiger partial charge in [0, 0.05) is 15.6 Å². The number of sulfonamides is 1. The van der Waals surface area contributed by atoms with Crippen molar-refractivity contribution in [3.63, 3.8) is 0 Å². The molecule has 0 spiro atoms. The van der Waals surface area contributed by atoms with Gasteiger partial charge in [0.05, 0.1) is 11.9 Å². The van der Waals surface area contributed by atoms with E-state index in [2.05, 4.69) is 5.32 Å². The van der Waals surface area contributed by atoms with Crippen LogP contribution in [0.3, 0.4) is 0 Å². The van der Waals surface area contributed by atoms with Crippen LogP contribution in [0, 0.1) is 0 Å². The van der Waals surface area contributed by atoms with E-state index in [-0.39, 0.29) is 12.2 Å². The highest BCUT2D eigenvalue weighted by atomic mass is 35.5. The zero-order valence-electron chi connectivity index (χ0n) is 12.3. The second kappa shape index (κ2) is 6.42. The van der Waals surface area contributed by atoms with Crippen molar-refractivity contribution >= 4 is 44.8 Å². The van der Waals surface area contributed by atoms with Crippen LogP contribution in [0.1, 0.15) is 20.8 Å². The van der Waals surface area contributed by atoms with Gasteiger partial charge in [0.1, 0.15) is 6.54 Å². The number of carbonyl (C=O) groups excluding carboxylic acids is 1. The molecule has 0 aromatic heterocycles. The molecule has 0 aliphatic rings. The molecule has 0 radical (unpaired) electrons. The molecule has 0 aliphatic heterocycles. The number of hydrogen-bond acceptors (Lipinski definition) is 3. The van der Waals surface area contributed by atoms with Gasteiger partial charge in [0.25, 0.3) is 0 Å². The molecule has 8 heteroatoms. The Morgan fingerprint density at radius 3 is 2.05 bits per heavy atom. The van der Waals surface area contributed by atoms with E-state index in [1.165, 1.54) is 18.2 Å². The highest BCUT2D eigenvalue weighted by Crippen LogP contribution is 2.26. The van der Waals surface area contributed by atoms with E-state index >= 15 is 0 Å². The molecule has 1 aromatic rings. The molecule has 0 unspecified atom stereocenters. The molecule has 0 bridgehead atoms. The molecule has 1 rings (SSSR count). The van der Waals surface area contributed by atoms with Crippen LogP contribution >= 0.6 is 23.2 Å². The van der Waals surface area contributed by atoms with Crippen molar-refractivity contribution in [2.45, 2.75) is 26.3 Å². The van der Waals surface area contributed by atoms with E-state index < -0.39 is 21.5 Å². The van der Waals surface area contributed by atoms with Crippen molar-refractivity contribution in [2.75, 3.05) is 17.1 Å². The van der Waals surface area contributed by atoms with E-state index in [4.69, 9.17) is 23.2 Å². The fourth-order valence-corrected chi connectivity index (χ4v) is 3.03. The zero-order valence-corrected chi connectivity index (χ0v) is 14.6. The molecule has 0 atom stereocenters. The molecular formula is C13H18Cl2N2O3S. The lowest BCUT2D eigenvalue weighted by Crippen LogP contribution is -2.47. The summed E-state index contributed by atoms with van der Waals surface area (Å²) >= 11 is 11.8. The van der Waals surface area contributed by atoms with Crippen molar-refractivity contribution in [3.8, 4) is 0 Å². The summed E-state index contributed by atoms with van der Waals surface area (Å²) < 4.78 is 24.8. The smallest absolute Gasteiger partial charge is 0.241 e. The topological polar surface area (TPSA) is 66.5 Å². The molecule has 118 valence electrons. The van der Waals surface area contributed by atoms with E-state index in [9.17, 15) is 13.2 Å². The normalized spacial score (nSPS) is 12.1. The van der Waals surface area contributed by atoms with Crippen LogP contribution in [-0.2, 0) is 14.8 Å². The Labute approximate surface area is 135 Å². The number of benzene rings is 1. The van der Waals surface area contributed by atoms with E-state index in [1.54, 1.807) is 0 Å². The maximum atomic E-state index is 12.0. The van der Waals surface area contributed by atoms with Gasteiger partial charge in [-0.2, -0.15) is 0 Å². The average Bonchev–Trinajstić information content (AvgIpc) is 2.20. The monoisotopic (exact) mass is 352 g/mol. The van der Waals surface area contributed by atoms with E-state index in [1.807, 2.05) is 20.8 Å². The van der Waals surface area contributed by atoms with Crippen molar-refractivity contribution in [3.05, 3.63) is 28.2 Å². The zero-order chi connectivity index (χ0) is 16.4. The first-order valence-corrected chi connectivity index (χ1v) is 8.74. The summed E-state index contributed by atoms with van der Waals surface area (Å²) in [5, 5.41) is 3.30. The van der Waals surface area contributed by atoms with Crippen LogP contribution in [0.4, 0.5) is 5.69 Å². The van der Waals surface area contributed by atoms with Crippen LogP contribution in [-0.4, -0.2) is 32.7 Å². The molecule has 21 heavy (non-hydrogen) atoms. The molecule has 0 saturated heterocycles. The summed E-state index contributed by atoms with van der Waals surface area (Å²) in [6.07, 6.45) is 1.02. The first kappa shape index (κ1) is 18.1. The Morgan fingerprint density at radius 1 is 1.19 bits per heavy atom. The summed E-state index contributed by atoms with van der Waals surface area (Å²) in [5.74, 6) is -0.413. The van der Waals surface area contributed by atoms with Crippen molar-refractivity contribution in [1.82, 2.24) is 5.32 Å². The van der Waals surface area contributed by atoms with Crippen molar-refractivity contribution in [2.24, 2.45) is 0 Å². The number of amides is 1. The molecule has 0 aliphatic carbocycles. The first-order valence-electron chi connectivity index (χ1n) is 6.13. The fourth-order valence-electron chi connectivity index (χ4n) is 1.67. The van der Waals surface area contributed by atoms with Crippen LogP contribution < -0.4 is 9.62 Å². The van der Waals surface area contributed by atoms with Crippen LogP contribution in [0.5, 0.6) is 0 Å². The third-order valence-corrected chi connectivity index (χ3v) is 3.91. The van der Waals surface area contributed by atoms with Crippen molar-refractivity contribution in [1.29, 1.82) is 0 Å². The van der Waals surface area contributed by atoms with Gasteiger partial charge < -0.3 is 5.32 Å². The summed E-state index contributed by atoms with van der Waals surface area (Å²) in [6.45, 7) is 5.09. The van der Waals surface area contributed by atoms with Gasteiger partial charge in [0.15, 0.2) is 0 Å². The summed E-state index contributed by atoms with van der Waals surface area (Å²) in [5.41, 5.74) is -0.203. The predicted octanol–water partition coefficient (Wildman–Crippen LogP) is 2.67. The number of carbonyl (C=O) groups is 1. The Morgan fingerprint density at radius 2 is 1.67 bits per heavy atom. The summed E-state index contributed by atoms with van der Waals surface area (Å²) in [6, 6.07) is 4.38. The summed E-state index contributed by atoms with van der Waals surface area (Å²) in [7, 11) is -3.65. The SMILES string of the molecule is CC(C)(C)NC(=O)CN(c1cc(Cl)cc(Cl)c1)S(C)(=O)=O. The third kappa shape index (κ3) is 6.11. The van der Waals surface area contributed by atoms with Gasteiger partial charge in [-0.1, -0.05) is 23.2 Å². The standard InChI is InChI=1S/C13H18Cl2N2O3S/c1-13(2,3)16-12(18)8-17(21(4,19)20)11-6-9(14)5-10(15)7-11/h5-7H,8H2,1-4H3,(H,16,18). The number of halogens is 2. The Bertz CT molecular complexity index is 619. The van der Waals surface area contributed by atoms with E-state index in [0.717, 1.165) is 10.6 Å². The molecule has 1 amide bonds. The number of nitrogens with one attached hydrogen (secondary N) is 1. The van der Waals surface area contributed by atoms with Gasteiger partial charge in [0.2, 0.25) is 15.9 Å². The summed E-state index contributed by atoms with van der Waals surface area (Å²) in [4.78, 5) is 12.0. The number of anilines is 1. The minimum absolute atomic E-state index is 0.249. The second-order valence-electron chi connectivity index (χ2n) is 5.70. The second-order valence-corrected chi connectivity index (χ2v) is 8.48. The van der Waals surface area contributed by atoms with Crippen LogP contribution in [0.2, 0.25) is 10.0 Å². The fraction of sp³-hybridized carbons (Fsp3) is 0.462. The largest absolute Gasteiger partial charge is 0.350 e. The molecule has 0 fully saturated rings. The Balaban J connectivity index is 3.11. The van der Waals surface area contributed by atoms with E-state index in [0.29, 0.717) is 10.0 Å². The predicted molar refractivity (Wildman–Crippen MR) is 86.5 cm³/mol. The third-order valence-electron chi connectivity index (χ3n) is 2.34. The average molecular weight is 353 g/mol. The van der Waals surface area contributed by atoms with Crippen LogP contribution in [0.25, 0.3) is 0 Å². The lowest BCUT2D eigenvalue weighted by atomic mass is 10.1. The van der Waals surface area contributed by atoms with Gasteiger partial charge in [-0.15, -0.1) is 0 Å². The molecular weight excluding hydrogens is 335 g/mol. The lowest BCUT2D eigenvalue weighted by molar-refractivity contribution is -0.121. The lowest BCUT2D eigenvalue weighted by Gasteiger charge is -2.26. The Hall–Kier alpha value is -0.980. The number of hydrogen-bond donors (Lipinski definition) is 1. The van der Waals surface area contributed by atoms with Crippen molar-refractivity contribution < 1.29 is 13.2 Å². The minimum atomic E-state index is -3.65. The number of rotatable bonds is 4. The molecule has 1 N–H and O–H groups in total. The molecule has 1 aromatic carbocycles.